The summed E-state index contributed by atoms with van der Waals surface area (Å²) in [7, 11) is -2.50. The van der Waals surface area contributed by atoms with Gasteiger partial charge in [-0.2, -0.15) is 0 Å². The third-order valence-corrected chi connectivity index (χ3v) is 7.13. The van der Waals surface area contributed by atoms with Gasteiger partial charge in [0.05, 0.1) is 12.7 Å². The summed E-state index contributed by atoms with van der Waals surface area (Å²) in [6.07, 6.45) is 3.61. The summed E-state index contributed by atoms with van der Waals surface area (Å²) >= 11 is 0. The van der Waals surface area contributed by atoms with Gasteiger partial charge < -0.3 is 22.8 Å². The average Bonchev–Trinajstić information content (AvgIpc) is 2.44. The summed E-state index contributed by atoms with van der Waals surface area (Å²) < 4.78 is 28.9. The molecule has 1 aliphatic heterocycles. The van der Waals surface area contributed by atoms with Gasteiger partial charge in [-0.1, -0.05) is 6.92 Å². The first-order valence-electron chi connectivity index (χ1n) is 8.82. The predicted molar refractivity (Wildman–Crippen MR) is 89.0 cm³/mol. The van der Waals surface area contributed by atoms with Crippen LogP contribution < -0.4 is 0 Å². The van der Waals surface area contributed by atoms with E-state index in [4.69, 9.17) is 22.8 Å². The van der Waals surface area contributed by atoms with Crippen molar-refractivity contribution in [2.24, 2.45) is 5.92 Å². The molecule has 132 valence electrons. The van der Waals surface area contributed by atoms with E-state index in [0.717, 1.165) is 38.7 Å². The Morgan fingerprint density at radius 2 is 1.64 bits per heavy atom. The van der Waals surface area contributed by atoms with E-state index in [-0.39, 0.29) is 0 Å². The van der Waals surface area contributed by atoms with Crippen molar-refractivity contribution in [2.75, 3.05) is 39.6 Å². The van der Waals surface area contributed by atoms with Crippen molar-refractivity contribution in [3.63, 3.8) is 0 Å². The summed E-state index contributed by atoms with van der Waals surface area (Å²) in [6, 6.07) is 0.819. The van der Waals surface area contributed by atoms with Crippen molar-refractivity contribution >= 4 is 8.80 Å². The third kappa shape index (κ3) is 6.64. The molecule has 0 aliphatic carbocycles. The summed E-state index contributed by atoms with van der Waals surface area (Å²) in [4.78, 5) is 0. The van der Waals surface area contributed by atoms with Gasteiger partial charge in [0.15, 0.2) is 0 Å². The van der Waals surface area contributed by atoms with E-state index >= 15 is 0 Å². The zero-order valence-electron chi connectivity index (χ0n) is 14.8. The van der Waals surface area contributed by atoms with E-state index in [0.29, 0.717) is 31.8 Å². The minimum absolute atomic E-state index is 0.411. The highest BCUT2D eigenvalue weighted by Gasteiger charge is 2.39. The summed E-state index contributed by atoms with van der Waals surface area (Å²) in [5.41, 5.74) is 0. The molecule has 5 nitrogen and oxygen atoms in total. The van der Waals surface area contributed by atoms with Crippen LogP contribution in [-0.4, -0.2) is 54.5 Å². The van der Waals surface area contributed by atoms with Crippen LogP contribution in [0, 0.1) is 5.92 Å². The summed E-state index contributed by atoms with van der Waals surface area (Å²) in [5, 5.41) is 0. The Morgan fingerprint density at radius 1 is 1.05 bits per heavy atom. The Kier molecular flexibility index (Phi) is 10.5. The van der Waals surface area contributed by atoms with Crippen molar-refractivity contribution in [3.05, 3.63) is 0 Å². The summed E-state index contributed by atoms with van der Waals surface area (Å²) in [5.74, 6) is 0.529. The maximum Gasteiger partial charge on any atom is 0.501 e. The monoisotopic (exact) mass is 334 g/mol. The Labute approximate surface area is 137 Å². The molecule has 0 saturated carbocycles. The average molecular weight is 335 g/mol. The lowest BCUT2D eigenvalue weighted by Crippen LogP contribution is -2.46. The Hall–Kier alpha value is 0.0169. The smallest absolute Gasteiger partial charge is 0.381 e. The van der Waals surface area contributed by atoms with Crippen LogP contribution in [0.15, 0.2) is 0 Å². The first-order valence-corrected chi connectivity index (χ1v) is 10.8. The van der Waals surface area contributed by atoms with Gasteiger partial charge in [-0.15, -0.1) is 0 Å². The maximum absolute atomic E-state index is 5.85. The molecule has 1 fully saturated rings. The van der Waals surface area contributed by atoms with Crippen molar-refractivity contribution < 1.29 is 22.8 Å². The van der Waals surface area contributed by atoms with Gasteiger partial charge in [0, 0.05) is 45.0 Å². The first-order chi connectivity index (χ1) is 10.7. The van der Waals surface area contributed by atoms with Crippen molar-refractivity contribution in [1.82, 2.24) is 0 Å². The molecule has 1 aliphatic rings. The highest BCUT2D eigenvalue weighted by atomic mass is 28.4. The molecule has 0 aromatic rings. The molecule has 2 unspecified atom stereocenters. The molecule has 1 heterocycles. The quantitative estimate of drug-likeness (QED) is 0.360. The molecular weight excluding hydrogens is 300 g/mol. The molecular formula is C16H34O5Si. The minimum atomic E-state index is -2.50. The van der Waals surface area contributed by atoms with E-state index in [1.807, 2.05) is 20.8 Å². The van der Waals surface area contributed by atoms with E-state index in [9.17, 15) is 0 Å². The van der Waals surface area contributed by atoms with Gasteiger partial charge in [0.2, 0.25) is 0 Å². The molecule has 1 rings (SSSR count). The van der Waals surface area contributed by atoms with Crippen LogP contribution in [0.1, 0.15) is 47.0 Å². The molecule has 0 spiro atoms. The Bertz CT molecular complexity index is 256. The first kappa shape index (κ1) is 20.1. The van der Waals surface area contributed by atoms with Crippen LogP contribution in [0.2, 0.25) is 6.04 Å². The molecule has 2 atom stereocenters. The van der Waals surface area contributed by atoms with Crippen molar-refractivity contribution in [1.29, 1.82) is 0 Å². The van der Waals surface area contributed by atoms with Crippen LogP contribution in [0.4, 0.5) is 0 Å². The molecule has 0 radical (unpaired) electrons. The predicted octanol–water partition coefficient (Wildman–Crippen LogP) is 3.26. The van der Waals surface area contributed by atoms with Crippen LogP contribution in [0.5, 0.6) is 0 Å². The van der Waals surface area contributed by atoms with Crippen LogP contribution in [-0.2, 0) is 22.8 Å². The number of hydrogen-bond acceptors (Lipinski definition) is 5. The lowest BCUT2D eigenvalue weighted by Gasteiger charge is -2.33. The zero-order valence-corrected chi connectivity index (χ0v) is 15.8. The lowest BCUT2D eigenvalue weighted by atomic mass is 9.95. The lowest BCUT2D eigenvalue weighted by molar-refractivity contribution is -0.103. The van der Waals surface area contributed by atoms with Gasteiger partial charge in [0.1, 0.15) is 0 Å². The fourth-order valence-electron chi connectivity index (χ4n) is 2.74. The molecule has 0 aromatic heterocycles. The van der Waals surface area contributed by atoms with E-state index in [1.165, 1.54) is 6.42 Å². The van der Waals surface area contributed by atoms with Gasteiger partial charge in [-0.05, 0) is 40.0 Å². The number of hydrogen-bond donors (Lipinski definition) is 0. The Balaban J connectivity index is 2.25. The van der Waals surface area contributed by atoms with Gasteiger partial charge >= 0.3 is 8.80 Å². The molecule has 22 heavy (non-hydrogen) atoms. The molecule has 0 N–H and O–H groups in total. The molecule has 1 saturated heterocycles. The zero-order chi connectivity index (χ0) is 16.3. The molecule has 0 bridgehead atoms. The van der Waals surface area contributed by atoms with Crippen LogP contribution in [0.3, 0.4) is 0 Å². The third-order valence-electron chi connectivity index (χ3n) is 3.98. The van der Waals surface area contributed by atoms with Gasteiger partial charge in [-0.3, -0.25) is 0 Å². The van der Waals surface area contributed by atoms with Crippen LogP contribution >= 0.6 is 0 Å². The minimum Gasteiger partial charge on any atom is -0.381 e. The maximum atomic E-state index is 5.85. The highest BCUT2D eigenvalue weighted by molar-refractivity contribution is 6.60. The molecule has 0 aromatic carbocycles. The fourth-order valence-corrected chi connectivity index (χ4v) is 5.32. The van der Waals surface area contributed by atoms with Gasteiger partial charge in [-0.25, -0.2) is 0 Å². The molecule has 6 heteroatoms. The summed E-state index contributed by atoms with van der Waals surface area (Å²) in [6.45, 7) is 12.5. The Morgan fingerprint density at radius 3 is 2.05 bits per heavy atom. The number of ether oxygens (including phenoxy) is 2. The van der Waals surface area contributed by atoms with Crippen molar-refractivity contribution in [2.45, 2.75) is 59.1 Å². The highest BCUT2D eigenvalue weighted by Crippen LogP contribution is 2.24. The topological polar surface area (TPSA) is 46.2 Å². The SMILES string of the molecule is CCO[Si](CCCOCC(CC)C1CCO1)(OCC)OCC. The fraction of sp³-hybridized carbons (Fsp3) is 1.00. The van der Waals surface area contributed by atoms with E-state index < -0.39 is 8.80 Å². The van der Waals surface area contributed by atoms with Crippen molar-refractivity contribution in [3.8, 4) is 0 Å². The number of rotatable bonds is 14. The molecule has 0 amide bonds. The largest absolute Gasteiger partial charge is 0.501 e. The second-order valence-corrected chi connectivity index (χ2v) is 8.26. The second-order valence-electron chi connectivity index (χ2n) is 5.53. The van der Waals surface area contributed by atoms with E-state index in [2.05, 4.69) is 6.92 Å². The van der Waals surface area contributed by atoms with E-state index in [1.54, 1.807) is 0 Å². The van der Waals surface area contributed by atoms with Crippen LogP contribution in [0.25, 0.3) is 0 Å². The van der Waals surface area contributed by atoms with Gasteiger partial charge in [0.25, 0.3) is 0 Å². The second kappa shape index (κ2) is 11.5. The standard InChI is InChI=1S/C16H34O5Si/c1-5-15(16-10-12-18-16)14-17-11-9-13-22(19-6-2,20-7-3)21-8-4/h15-16H,5-14H2,1-4H3. The normalized spacial score (nSPS) is 19.9.